The lowest BCUT2D eigenvalue weighted by molar-refractivity contribution is -0.143. The lowest BCUT2D eigenvalue weighted by Gasteiger charge is -2.20. The van der Waals surface area contributed by atoms with Crippen LogP contribution in [0.3, 0.4) is 0 Å². The van der Waals surface area contributed by atoms with E-state index in [1.807, 2.05) is 6.08 Å². The van der Waals surface area contributed by atoms with E-state index in [1.165, 1.54) is 385 Å². The van der Waals surface area contributed by atoms with E-state index in [9.17, 15) is 19.8 Å². The van der Waals surface area contributed by atoms with E-state index < -0.39 is 12.1 Å². The van der Waals surface area contributed by atoms with Gasteiger partial charge in [0.25, 0.3) is 0 Å². The number of unbranched alkanes of at least 4 members (excludes halogenated alkanes) is 62. The number of esters is 1. The molecule has 0 heterocycles. The van der Waals surface area contributed by atoms with Crippen molar-refractivity contribution in [2.75, 3.05) is 13.2 Å². The second-order valence-corrected chi connectivity index (χ2v) is 28.1. The minimum Gasteiger partial charge on any atom is -0.466 e. The Bertz CT molecular complexity index is 1440. The quantitative estimate of drug-likeness (QED) is 0.0320. The molecule has 2 atom stereocenters. The first-order valence-electron chi connectivity index (χ1n) is 40.8. The maximum atomic E-state index is 12.5. The summed E-state index contributed by atoms with van der Waals surface area (Å²) in [6.45, 7) is 4.95. The van der Waals surface area contributed by atoms with Crippen molar-refractivity contribution in [3.05, 3.63) is 36.5 Å². The number of nitrogens with one attached hydrogen (secondary N) is 1. The fraction of sp³-hybridized carbons (Fsp3) is 0.904. The van der Waals surface area contributed by atoms with Crippen LogP contribution < -0.4 is 5.32 Å². The maximum Gasteiger partial charge on any atom is 0.305 e. The average Bonchev–Trinajstić information content (AvgIpc) is 3.56. The summed E-state index contributed by atoms with van der Waals surface area (Å²) in [5, 5.41) is 23.2. The number of ether oxygens (including phenoxy) is 1. The van der Waals surface area contributed by atoms with E-state index in [2.05, 4.69) is 43.5 Å². The summed E-state index contributed by atoms with van der Waals surface area (Å²) in [6.07, 6.45) is 103. The minimum absolute atomic E-state index is 0.0254. The molecule has 3 N–H and O–H groups in total. The third-order valence-corrected chi connectivity index (χ3v) is 19.2. The topological polar surface area (TPSA) is 95.9 Å². The second kappa shape index (κ2) is 78.5. The van der Waals surface area contributed by atoms with Gasteiger partial charge in [0.05, 0.1) is 25.4 Å². The molecule has 6 heteroatoms. The van der Waals surface area contributed by atoms with Crippen LogP contribution in [0.1, 0.15) is 457 Å². The molecule has 0 aliphatic heterocycles. The minimum atomic E-state index is -0.842. The molecule has 1 amide bonds. The zero-order valence-corrected chi connectivity index (χ0v) is 60.4. The number of aliphatic hydroxyl groups excluding tert-OH is 2. The number of amides is 1. The van der Waals surface area contributed by atoms with Gasteiger partial charge < -0.3 is 20.3 Å². The summed E-state index contributed by atoms with van der Waals surface area (Å²) < 4.78 is 5.52. The van der Waals surface area contributed by atoms with Crippen LogP contribution in [0.5, 0.6) is 0 Å². The van der Waals surface area contributed by atoms with Crippen molar-refractivity contribution >= 4 is 11.9 Å². The van der Waals surface area contributed by atoms with Gasteiger partial charge in [-0.1, -0.05) is 416 Å². The highest BCUT2D eigenvalue weighted by molar-refractivity contribution is 5.76. The van der Waals surface area contributed by atoms with E-state index in [0.29, 0.717) is 19.4 Å². The maximum absolute atomic E-state index is 12.5. The zero-order valence-electron chi connectivity index (χ0n) is 60.4. The Morgan fingerprint density at radius 2 is 0.562 bits per heavy atom. The predicted molar refractivity (Wildman–Crippen MR) is 393 cm³/mol. The van der Waals surface area contributed by atoms with Gasteiger partial charge in [-0.3, -0.25) is 9.59 Å². The number of carbonyl (C=O) groups is 2. The van der Waals surface area contributed by atoms with Gasteiger partial charge >= 0.3 is 5.97 Å². The molecule has 0 aliphatic rings. The largest absolute Gasteiger partial charge is 0.466 e. The third-order valence-electron chi connectivity index (χ3n) is 19.2. The number of carbonyl (C=O) groups excluding carboxylic acids is 2. The van der Waals surface area contributed by atoms with Gasteiger partial charge in [-0.25, -0.2) is 0 Å². The molecule has 0 saturated carbocycles. The van der Waals surface area contributed by atoms with Crippen LogP contribution in [0, 0.1) is 0 Å². The lowest BCUT2D eigenvalue weighted by Crippen LogP contribution is -2.45. The molecular formula is C83H159NO5. The summed E-state index contributed by atoms with van der Waals surface area (Å²) in [7, 11) is 0. The van der Waals surface area contributed by atoms with Gasteiger partial charge in [0.2, 0.25) is 5.91 Å². The standard InChI is InChI=1S/C83H159NO5/c1-3-5-7-9-11-13-15-17-19-20-45-49-53-57-61-65-69-73-77-83(88)89-78-74-70-66-62-58-54-50-46-43-41-39-37-35-33-31-29-27-25-23-21-22-24-26-28-30-32-34-36-38-40-42-44-48-52-56-60-64-68-72-76-82(87)84-80(79-85)81(86)75-71-67-63-59-55-51-47-18-16-14-12-10-8-6-4-2/h21-22,25,27,71,75,80-81,85-86H,3-20,23-24,26,28-70,72-74,76-79H2,1-2H3,(H,84,87)/b22-21-,27-25-,75-71+. The van der Waals surface area contributed by atoms with Crippen molar-refractivity contribution in [3.63, 3.8) is 0 Å². The Morgan fingerprint density at radius 3 is 0.854 bits per heavy atom. The van der Waals surface area contributed by atoms with E-state index in [4.69, 9.17) is 4.74 Å². The molecule has 0 fully saturated rings. The van der Waals surface area contributed by atoms with E-state index in [1.54, 1.807) is 6.08 Å². The van der Waals surface area contributed by atoms with Gasteiger partial charge in [0.15, 0.2) is 0 Å². The molecule has 0 radical (unpaired) electrons. The molecular weight excluding hydrogens is 1090 g/mol. The van der Waals surface area contributed by atoms with Gasteiger partial charge in [-0.15, -0.1) is 0 Å². The average molecular weight is 1250 g/mol. The van der Waals surface area contributed by atoms with Crippen LogP contribution in [0.2, 0.25) is 0 Å². The molecule has 0 aliphatic carbocycles. The fourth-order valence-corrected chi connectivity index (χ4v) is 13.0. The highest BCUT2D eigenvalue weighted by Crippen LogP contribution is 2.20. The van der Waals surface area contributed by atoms with E-state index >= 15 is 0 Å². The Labute approximate surface area is 557 Å². The number of rotatable bonds is 77. The van der Waals surface area contributed by atoms with Crippen LogP contribution >= 0.6 is 0 Å². The van der Waals surface area contributed by atoms with E-state index in [0.717, 1.165) is 44.9 Å². The summed E-state index contributed by atoms with van der Waals surface area (Å²) in [5.41, 5.74) is 0. The molecule has 526 valence electrons. The second-order valence-electron chi connectivity index (χ2n) is 28.1. The number of allylic oxidation sites excluding steroid dienone is 5. The Morgan fingerprint density at radius 1 is 0.315 bits per heavy atom. The fourth-order valence-electron chi connectivity index (χ4n) is 13.0. The third kappa shape index (κ3) is 75.0. The van der Waals surface area contributed by atoms with Gasteiger partial charge in [-0.2, -0.15) is 0 Å². The monoisotopic (exact) mass is 1250 g/mol. The van der Waals surface area contributed by atoms with E-state index in [-0.39, 0.29) is 18.5 Å². The molecule has 0 rings (SSSR count). The smallest absolute Gasteiger partial charge is 0.305 e. The van der Waals surface area contributed by atoms with Crippen molar-refractivity contribution in [1.29, 1.82) is 0 Å². The van der Waals surface area contributed by atoms with Crippen LogP contribution in [-0.2, 0) is 14.3 Å². The Hall–Kier alpha value is -1.92. The Balaban J connectivity index is 3.34. The molecule has 0 bridgehead atoms. The molecule has 0 aromatic carbocycles. The SMILES string of the molecule is CCCCCCCCCCCCCCC/C=C/C(O)C(CO)NC(=O)CCCCCCCCCCCCCCCCCCC/C=C\C/C=C\CCCCCCCCCCCCCCCCCOC(=O)CCCCCCCCCCCCCCCCCCCC. The highest BCUT2D eigenvalue weighted by atomic mass is 16.5. The molecule has 0 spiro atoms. The van der Waals surface area contributed by atoms with Crippen LogP contribution in [0.15, 0.2) is 36.5 Å². The van der Waals surface area contributed by atoms with Gasteiger partial charge in [-0.05, 0) is 64.2 Å². The van der Waals surface area contributed by atoms with Crippen molar-refractivity contribution in [2.45, 2.75) is 469 Å². The van der Waals surface area contributed by atoms with Crippen molar-refractivity contribution < 1.29 is 24.5 Å². The normalized spacial score (nSPS) is 12.6. The molecule has 89 heavy (non-hydrogen) atoms. The number of hydrogen-bond acceptors (Lipinski definition) is 5. The Kier molecular flexibility index (Phi) is 76.8. The lowest BCUT2D eigenvalue weighted by atomic mass is 10.0. The van der Waals surface area contributed by atoms with Gasteiger partial charge in [0, 0.05) is 12.8 Å². The van der Waals surface area contributed by atoms with Crippen molar-refractivity contribution in [2.24, 2.45) is 0 Å². The number of hydrogen-bond donors (Lipinski definition) is 3. The first-order chi connectivity index (χ1) is 44.0. The van der Waals surface area contributed by atoms with Gasteiger partial charge in [0.1, 0.15) is 0 Å². The van der Waals surface area contributed by atoms with Crippen LogP contribution in [0.4, 0.5) is 0 Å². The van der Waals surface area contributed by atoms with Crippen LogP contribution in [0.25, 0.3) is 0 Å². The highest BCUT2D eigenvalue weighted by Gasteiger charge is 2.18. The zero-order chi connectivity index (χ0) is 64.2. The summed E-state index contributed by atoms with van der Waals surface area (Å²) in [4.78, 5) is 24.6. The summed E-state index contributed by atoms with van der Waals surface area (Å²) >= 11 is 0. The van der Waals surface area contributed by atoms with Crippen molar-refractivity contribution in [3.8, 4) is 0 Å². The summed E-state index contributed by atoms with van der Waals surface area (Å²) in [5.74, 6) is -0.0368. The first kappa shape index (κ1) is 87.1. The number of aliphatic hydroxyl groups is 2. The molecule has 0 aromatic heterocycles. The molecule has 0 saturated heterocycles. The van der Waals surface area contributed by atoms with Crippen LogP contribution in [-0.4, -0.2) is 47.4 Å². The summed E-state index contributed by atoms with van der Waals surface area (Å²) in [6, 6.07) is -0.625. The first-order valence-corrected chi connectivity index (χ1v) is 40.8. The molecule has 0 aromatic rings. The predicted octanol–water partition coefficient (Wildman–Crippen LogP) is 27.0. The molecule has 2 unspecified atom stereocenters. The molecule has 6 nitrogen and oxygen atoms in total. The van der Waals surface area contributed by atoms with Crippen molar-refractivity contribution in [1.82, 2.24) is 5.32 Å².